The Morgan fingerprint density at radius 2 is 2.16 bits per heavy atom. The minimum atomic E-state index is -0.356. The highest BCUT2D eigenvalue weighted by Crippen LogP contribution is 2.31. The van der Waals surface area contributed by atoms with Crippen LogP contribution in [0.5, 0.6) is 6.01 Å². The van der Waals surface area contributed by atoms with E-state index < -0.39 is 0 Å². The fourth-order valence-electron chi connectivity index (χ4n) is 2.58. The van der Waals surface area contributed by atoms with Gasteiger partial charge in [0, 0.05) is 32.7 Å². The monoisotopic (exact) mass is 360 g/mol. The number of fused-ring (bicyclic) bond motifs is 3. The molecule has 0 aliphatic carbocycles. The minimum Gasteiger partial charge on any atom is -0.422 e. The fourth-order valence-corrected chi connectivity index (χ4v) is 2.87. The van der Waals surface area contributed by atoms with Crippen LogP contribution in [-0.4, -0.2) is 42.3 Å². The molecule has 3 rings (SSSR count). The predicted octanol–water partition coefficient (Wildman–Crippen LogP) is 3.09. The van der Waals surface area contributed by atoms with Crippen LogP contribution in [0.1, 0.15) is 0 Å². The van der Waals surface area contributed by atoms with Crippen molar-refractivity contribution < 1.29 is 9.13 Å². The Morgan fingerprint density at radius 3 is 2.84 bits per heavy atom. The van der Waals surface area contributed by atoms with Gasteiger partial charge in [0.25, 0.3) is 0 Å². The lowest BCUT2D eigenvalue weighted by Crippen LogP contribution is -2.06. The number of H-pyrrole nitrogens is 2. The molecule has 0 spiro atoms. The van der Waals surface area contributed by atoms with Crippen molar-refractivity contribution in [2.45, 2.75) is 0 Å². The van der Waals surface area contributed by atoms with E-state index in [9.17, 15) is 4.39 Å². The molecule has 1 aromatic carbocycles. The number of benzene rings is 1. The molecule has 0 aliphatic rings. The number of halogens is 1. The van der Waals surface area contributed by atoms with Crippen molar-refractivity contribution in [3.63, 3.8) is 0 Å². The molecule has 25 heavy (non-hydrogen) atoms. The first-order chi connectivity index (χ1) is 12.1. The summed E-state index contributed by atoms with van der Waals surface area (Å²) in [7, 11) is 5.11. The molecule has 2 heterocycles. The Hall–Kier alpha value is -2.94. The second-order valence-corrected chi connectivity index (χ2v) is 5.56. The quantitative estimate of drug-likeness (QED) is 0.319. The van der Waals surface area contributed by atoms with E-state index in [1.54, 1.807) is 33.6 Å². The van der Waals surface area contributed by atoms with Crippen molar-refractivity contribution in [2.24, 2.45) is 4.99 Å². The number of aromatic nitrogens is 3. The van der Waals surface area contributed by atoms with Crippen LogP contribution in [-0.2, 0) is 0 Å². The largest absolute Gasteiger partial charge is 0.422 e. The summed E-state index contributed by atoms with van der Waals surface area (Å²) in [6, 6.07) is 3.05. The number of ether oxygens (including phenoxy) is 1. The number of hydrogen-bond donors (Lipinski definition) is 4. The van der Waals surface area contributed by atoms with Crippen LogP contribution in [0.15, 0.2) is 29.1 Å². The average Bonchev–Trinajstić information content (AvgIpc) is 2.93. The van der Waals surface area contributed by atoms with Gasteiger partial charge in [-0.3, -0.25) is 9.98 Å². The summed E-state index contributed by atoms with van der Waals surface area (Å²) in [5.41, 5.74) is 1.97. The Bertz CT molecular complexity index is 1050. The normalized spacial score (nSPS) is 12.2. The van der Waals surface area contributed by atoms with Crippen molar-refractivity contribution in [1.29, 1.82) is 0 Å². The molecule has 2 aromatic heterocycles. The smallest absolute Gasteiger partial charge is 0.302 e. The van der Waals surface area contributed by atoms with Crippen LogP contribution < -0.4 is 15.4 Å². The predicted molar refractivity (Wildman–Crippen MR) is 100 cm³/mol. The van der Waals surface area contributed by atoms with Crippen molar-refractivity contribution in [1.82, 2.24) is 20.3 Å². The number of aromatic amines is 2. The van der Waals surface area contributed by atoms with Crippen molar-refractivity contribution in [2.75, 3.05) is 26.5 Å². The van der Waals surface area contributed by atoms with Crippen LogP contribution >= 0.6 is 12.2 Å². The van der Waals surface area contributed by atoms with Crippen molar-refractivity contribution >= 4 is 46.1 Å². The van der Waals surface area contributed by atoms with Crippen LogP contribution in [0.3, 0.4) is 0 Å². The molecule has 0 amide bonds. The molecule has 0 atom stereocenters. The summed E-state index contributed by atoms with van der Waals surface area (Å²) in [5, 5.41) is 7.12. The molecular formula is C16H17FN6OS. The van der Waals surface area contributed by atoms with Gasteiger partial charge in [-0.15, -0.1) is 0 Å². The molecule has 0 saturated carbocycles. The second kappa shape index (κ2) is 6.89. The van der Waals surface area contributed by atoms with Crippen LogP contribution in [0, 0.1) is 10.5 Å². The first-order valence-corrected chi connectivity index (χ1v) is 7.88. The zero-order valence-corrected chi connectivity index (χ0v) is 14.7. The van der Waals surface area contributed by atoms with E-state index >= 15 is 0 Å². The molecule has 0 unspecified atom stereocenters. The molecule has 3 aromatic rings. The zero-order chi connectivity index (χ0) is 18.0. The van der Waals surface area contributed by atoms with E-state index in [1.165, 1.54) is 12.1 Å². The van der Waals surface area contributed by atoms with E-state index in [0.717, 1.165) is 5.52 Å². The average molecular weight is 360 g/mol. The minimum absolute atomic E-state index is 0.205. The topological polar surface area (TPSA) is 90.1 Å². The van der Waals surface area contributed by atoms with Crippen LogP contribution in [0.25, 0.3) is 21.9 Å². The van der Waals surface area contributed by atoms with Gasteiger partial charge in [-0.1, -0.05) is 12.2 Å². The lowest BCUT2D eigenvalue weighted by atomic mass is 10.2. The number of aliphatic imine (C=N–C) groups is 1. The summed E-state index contributed by atoms with van der Waals surface area (Å²) in [6.45, 7) is 0. The fraction of sp³-hybridized carbons (Fsp3) is 0.188. The highest BCUT2D eigenvalue weighted by molar-refractivity contribution is 7.71. The molecule has 7 nitrogen and oxygen atoms in total. The number of anilines is 1. The van der Waals surface area contributed by atoms with Gasteiger partial charge in [0.2, 0.25) is 0 Å². The summed E-state index contributed by atoms with van der Waals surface area (Å²) in [6.07, 6.45) is 3.18. The molecule has 0 aliphatic heterocycles. The summed E-state index contributed by atoms with van der Waals surface area (Å²) >= 11 is 5.38. The SMILES string of the molecule is CN=CC(=CNC)Oc1nc(=S)c2c([nH]1)[nH]c1c(NC)cc(F)cc12. The standard InChI is InChI=1S/C16H17FN6OS/c1-18-6-9(7-19-2)24-16-22-14-12(15(25)23-16)10-4-8(17)5-11(20-3)13(10)21-14/h4-7,18,20H,1-3H3,(H2,21,22,23,25). The molecule has 4 N–H and O–H groups in total. The molecule has 0 radical (unpaired) electrons. The van der Waals surface area contributed by atoms with Gasteiger partial charge >= 0.3 is 6.01 Å². The van der Waals surface area contributed by atoms with Gasteiger partial charge in [-0.05, 0) is 12.1 Å². The zero-order valence-electron chi connectivity index (χ0n) is 13.9. The first-order valence-electron chi connectivity index (χ1n) is 7.47. The highest BCUT2D eigenvalue weighted by atomic mass is 32.1. The van der Waals surface area contributed by atoms with Gasteiger partial charge < -0.3 is 20.4 Å². The third-order valence-corrected chi connectivity index (χ3v) is 3.84. The Morgan fingerprint density at radius 1 is 1.36 bits per heavy atom. The molecule has 0 saturated heterocycles. The Labute approximate surface area is 148 Å². The van der Waals surface area contributed by atoms with Crippen LogP contribution in [0.2, 0.25) is 0 Å². The van der Waals surface area contributed by atoms with E-state index in [4.69, 9.17) is 17.0 Å². The van der Waals surface area contributed by atoms with E-state index in [1.807, 2.05) is 0 Å². The van der Waals surface area contributed by atoms with E-state index in [-0.39, 0.29) is 11.8 Å². The number of nitrogens with zero attached hydrogens (tertiary/aromatic N) is 2. The third-order valence-electron chi connectivity index (χ3n) is 3.55. The molecule has 9 heteroatoms. The number of hydrogen-bond acceptors (Lipinski definition) is 6. The summed E-state index contributed by atoms with van der Waals surface area (Å²) in [4.78, 5) is 14.4. The first kappa shape index (κ1) is 16.9. The van der Waals surface area contributed by atoms with Crippen molar-refractivity contribution in [3.8, 4) is 6.01 Å². The second-order valence-electron chi connectivity index (χ2n) is 5.17. The maximum atomic E-state index is 13.9. The summed E-state index contributed by atoms with van der Waals surface area (Å²) in [5.74, 6) is 0.103. The highest BCUT2D eigenvalue weighted by Gasteiger charge is 2.14. The van der Waals surface area contributed by atoms with Crippen LogP contribution in [0.4, 0.5) is 10.1 Å². The Kier molecular flexibility index (Phi) is 4.66. The molecule has 0 fully saturated rings. The van der Waals surface area contributed by atoms with Gasteiger partial charge in [0.15, 0.2) is 5.76 Å². The number of rotatable bonds is 5. The van der Waals surface area contributed by atoms with Gasteiger partial charge in [0.05, 0.1) is 22.8 Å². The summed E-state index contributed by atoms with van der Waals surface area (Å²) < 4.78 is 19.8. The lowest BCUT2D eigenvalue weighted by molar-refractivity contribution is 0.417. The number of nitrogens with one attached hydrogen (secondary N) is 4. The Balaban J connectivity index is 2.19. The van der Waals surface area contributed by atoms with Gasteiger partial charge in [-0.2, -0.15) is 4.98 Å². The van der Waals surface area contributed by atoms with Crippen molar-refractivity contribution in [3.05, 3.63) is 34.5 Å². The molecule has 130 valence electrons. The number of allylic oxidation sites excluding steroid dienone is 1. The van der Waals surface area contributed by atoms with E-state index in [0.29, 0.717) is 32.5 Å². The van der Waals surface area contributed by atoms with Gasteiger partial charge in [-0.25, -0.2) is 4.39 Å². The maximum absolute atomic E-state index is 13.9. The molecular weight excluding hydrogens is 343 g/mol. The molecule has 0 bridgehead atoms. The van der Waals surface area contributed by atoms with E-state index in [2.05, 4.69) is 30.6 Å². The lowest BCUT2D eigenvalue weighted by Gasteiger charge is -2.05. The van der Waals surface area contributed by atoms with Gasteiger partial charge in [0.1, 0.15) is 16.1 Å². The maximum Gasteiger partial charge on any atom is 0.302 e. The third kappa shape index (κ3) is 3.18.